The first kappa shape index (κ1) is 9.70. The van der Waals surface area contributed by atoms with Crippen LogP contribution in [0.5, 0.6) is 0 Å². The molecule has 0 aromatic carbocycles. The summed E-state index contributed by atoms with van der Waals surface area (Å²) in [4.78, 5) is 19.5. The van der Waals surface area contributed by atoms with Gasteiger partial charge in [-0.25, -0.2) is 9.97 Å². The minimum atomic E-state index is -0.252. The number of hydrogen-bond donors (Lipinski definition) is 2. The molecule has 0 aliphatic heterocycles. The molecule has 0 fully saturated rings. The van der Waals surface area contributed by atoms with Gasteiger partial charge in [0.15, 0.2) is 5.65 Å². The molecule has 2 rings (SSSR count). The summed E-state index contributed by atoms with van der Waals surface area (Å²) in [6.07, 6.45) is 1.35. The van der Waals surface area contributed by atoms with Crippen LogP contribution in [0.3, 0.4) is 0 Å². The highest BCUT2D eigenvalue weighted by atomic mass is 16.1. The normalized spacial score (nSPS) is 12.2. The number of nitrogens with zero attached hydrogens (tertiary/aromatic N) is 3. The monoisotopic (exact) mass is 207 g/mol. The van der Waals surface area contributed by atoms with Crippen molar-refractivity contribution >= 4 is 16.9 Å². The van der Waals surface area contributed by atoms with Crippen LogP contribution in [0.1, 0.15) is 20.8 Å². The second-order valence-electron chi connectivity index (χ2n) is 4.40. The Morgan fingerprint density at radius 1 is 1.40 bits per heavy atom. The Hall–Kier alpha value is -1.85. The summed E-state index contributed by atoms with van der Waals surface area (Å²) in [6, 6.07) is 0. The van der Waals surface area contributed by atoms with E-state index < -0.39 is 0 Å². The highest BCUT2D eigenvalue weighted by Gasteiger charge is 2.20. The number of hydrogen-bond acceptors (Lipinski definition) is 4. The van der Waals surface area contributed by atoms with Crippen molar-refractivity contribution < 1.29 is 0 Å². The van der Waals surface area contributed by atoms with Gasteiger partial charge >= 0.3 is 0 Å². The Bertz CT molecular complexity index is 560. The van der Waals surface area contributed by atoms with Gasteiger partial charge in [0.2, 0.25) is 0 Å². The fourth-order valence-electron chi connectivity index (χ4n) is 1.47. The van der Waals surface area contributed by atoms with Gasteiger partial charge in [0.1, 0.15) is 17.5 Å². The average molecular weight is 207 g/mol. The molecule has 3 N–H and O–H groups in total. The maximum atomic E-state index is 11.6. The Kier molecular flexibility index (Phi) is 1.82. The third kappa shape index (κ3) is 1.38. The van der Waals surface area contributed by atoms with E-state index >= 15 is 0 Å². The quantitative estimate of drug-likeness (QED) is 0.656. The van der Waals surface area contributed by atoms with Gasteiger partial charge in [-0.05, 0) is 20.8 Å². The van der Waals surface area contributed by atoms with E-state index in [9.17, 15) is 4.79 Å². The fourth-order valence-corrected chi connectivity index (χ4v) is 1.47. The zero-order chi connectivity index (χ0) is 11.2. The molecule has 2 heterocycles. The van der Waals surface area contributed by atoms with Crippen LogP contribution in [-0.4, -0.2) is 19.7 Å². The third-order valence-corrected chi connectivity index (χ3v) is 2.18. The van der Waals surface area contributed by atoms with Crippen LogP contribution in [-0.2, 0) is 5.54 Å². The Morgan fingerprint density at radius 3 is 2.67 bits per heavy atom. The summed E-state index contributed by atoms with van der Waals surface area (Å²) in [5.74, 6) is 0.212. The van der Waals surface area contributed by atoms with E-state index in [0.717, 1.165) is 0 Å². The Labute approximate surface area is 86.1 Å². The number of H-pyrrole nitrogens is 1. The lowest BCUT2D eigenvalue weighted by molar-refractivity contribution is 0.364. The molecule has 6 heteroatoms. The van der Waals surface area contributed by atoms with Crippen LogP contribution in [0.25, 0.3) is 11.0 Å². The van der Waals surface area contributed by atoms with E-state index in [-0.39, 0.29) is 16.9 Å². The molecule has 15 heavy (non-hydrogen) atoms. The van der Waals surface area contributed by atoms with Gasteiger partial charge in [0.25, 0.3) is 5.56 Å². The molecule has 0 unspecified atom stereocenters. The molecule has 2 aromatic rings. The van der Waals surface area contributed by atoms with Crippen molar-refractivity contribution in [1.29, 1.82) is 0 Å². The van der Waals surface area contributed by atoms with Crippen LogP contribution in [0, 0.1) is 0 Å². The van der Waals surface area contributed by atoms with E-state index in [4.69, 9.17) is 5.73 Å². The van der Waals surface area contributed by atoms with E-state index in [1.807, 2.05) is 20.8 Å². The summed E-state index contributed by atoms with van der Waals surface area (Å²) in [6.45, 7) is 5.92. The van der Waals surface area contributed by atoms with Crippen molar-refractivity contribution in [1.82, 2.24) is 19.7 Å². The maximum absolute atomic E-state index is 11.6. The maximum Gasteiger partial charge on any atom is 0.277 e. The molecule has 80 valence electrons. The molecule has 0 radical (unpaired) electrons. The van der Waals surface area contributed by atoms with E-state index in [1.165, 1.54) is 6.33 Å². The minimum absolute atomic E-state index is 0.212. The number of aromatic nitrogens is 4. The number of rotatable bonds is 0. The van der Waals surface area contributed by atoms with Gasteiger partial charge in [0, 0.05) is 0 Å². The molecule has 0 saturated heterocycles. The highest BCUT2D eigenvalue weighted by Crippen LogP contribution is 2.19. The Balaban J connectivity index is 2.92. The lowest BCUT2D eigenvalue weighted by Crippen LogP contribution is -2.24. The lowest BCUT2D eigenvalue weighted by Gasteiger charge is -2.20. The average Bonchev–Trinajstić information content (AvgIpc) is 2.44. The molecule has 0 spiro atoms. The number of fused-ring (bicyclic) bond motifs is 1. The lowest BCUT2D eigenvalue weighted by atomic mass is 10.1. The van der Waals surface area contributed by atoms with Crippen molar-refractivity contribution in [3.05, 3.63) is 16.7 Å². The van der Waals surface area contributed by atoms with Crippen molar-refractivity contribution in [2.45, 2.75) is 26.3 Å². The summed E-state index contributed by atoms with van der Waals surface area (Å²) in [5.41, 5.74) is 5.67. The second kappa shape index (κ2) is 2.82. The van der Waals surface area contributed by atoms with Gasteiger partial charge in [-0.15, -0.1) is 0 Å². The number of nitrogen functional groups attached to an aromatic ring is 1. The zero-order valence-corrected chi connectivity index (χ0v) is 8.90. The molecule has 0 amide bonds. The standard InChI is InChI=1S/C9H13N5O/c1-9(2,3)14-7-5(8(15)13-14)6(10)11-4-12-7/h4H,1-3H3,(H,13,15)(H2,10,11,12). The van der Waals surface area contributed by atoms with Crippen LogP contribution in [0.15, 0.2) is 11.1 Å². The zero-order valence-electron chi connectivity index (χ0n) is 8.90. The first-order valence-electron chi connectivity index (χ1n) is 4.63. The number of nitrogens with two attached hydrogens (primary N) is 1. The van der Waals surface area contributed by atoms with Gasteiger partial charge in [-0.3, -0.25) is 14.6 Å². The largest absolute Gasteiger partial charge is 0.383 e. The Morgan fingerprint density at radius 2 is 2.07 bits per heavy atom. The van der Waals surface area contributed by atoms with E-state index in [0.29, 0.717) is 11.0 Å². The summed E-state index contributed by atoms with van der Waals surface area (Å²) in [7, 11) is 0. The summed E-state index contributed by atoms with van der Waals surface area (Å²) in [5, 5.41) is 3.07. The molecule has 0 aliphatic rings. The van der Waals surface area contributed by atoms with Gasteiger partial charge < -0.3 is 5.73 Å². The minimum Gasteiger partial charge on any atom is -0.383 e. The first-order valence-corrected chi connectivity index (χ1v) is 4.63. The predicted octanol–water partition coefficient (Wildman–Crippen LogP) is 0.457. The number of anilines is 1. The van der Waals surface area contributed by atoms with E-state index in [1.54, 1.807) is 4.68 Å². The number of aromatic amines is 1. The molecular weight excluding hydrogens is 194 g/mol. The van der Waals surface area contributed by atoms with Crippen LogP contribution < -0.4 is 11.3 Å². The number of nitrogens with one attached hydrogen (secondary N) is 1. The highest BCUT2D eigenvalue weighted by molar-refractivity contribution is 5.84. The molecular formula is C9H13N5O. The van der Waals surface area contributed by atoms with Crippen LogP contribution in [0.2, 0.25) is 0 Å². The van der Waals surface area contributed by atoms with Crippen molar-refractivity contribution in [2.75, 3.05) is 5.73 Å². The third-order valence-electron chi connectivity index (χ3n) is 2.18. The van der Waals surface area contributed by atoms with Crippen molar-refractivity contribution in [2.24, 2.45) is 0 Å². The molecule has 0 aliphatic carbocycles. The van der Waals surface area contributed by atoms with Gasteiger partial charge in [-0.1, -0.05) is 0 Å². The second-order valence-corrected chi connectivity index (χ2v) is 4.40. The molecule has 0 bridgehead atoms. The predicted molar refractivity (Wildman–Crippen MR) is 57.6 cm³/mol. The van der Waals surface area contributed by atoms with Crippen molar-refractivity contribution in [3.63, 3.8) is 0 Å². The molecule has 2 aromatic heterocycles. The summed E-state index contributed by atoms with van der Waals surface area (Å²) >= 11 is 0. The first-order chi connectivity index (χ1) is 6.91. The van der Waals surface area contributed by atoms with Crippen LogP contribution in [0.4, 0.5) is 5.82 Å². The smallest absolute Gasteiger partial charge is 0.277 e. The molecule has 0 atom stereocenters. The van der Waals surface area contributed by atoms with Gasteiger partial charge in [-0.2, -0.15) is 0 Å². The topological polar surface area (TPSA) is 89.6 Å². The SMILES string of the molecule is CC(C)(C)n1[nH]c(=O)c2c(N)ncnc21. The van der Waals surface area contributed by atoms with Crippen molar-refractivity contribution in [3.8, 4) is 0 Å². The van der Waals surface area contributed by atoms with E-state index in [2.05, 4.69) is 15.1 Å². The van der Waals surface area contributed by atoms with Crippen LogP contribution >= 0.6 is 0 Å². The fraction of sp³-hybridized carbons (Fsp3) is 0.444. The summed E-state index contributed by atoms with van der Waals surface area (Å²) < 4.78 is 1.70. The molecule has 6 nitrogen and oxygen atoms in total. The van der Waals surface area contributed by atoms with Gasteiger partial charge in [0.05, 0.1) is 5.54 Å². The molecule has 0 saturated carbocycles.